The average Bonchev–Trinajstić information content (AvgIpc) is 2.01. The SMILES string of the molecule is CC=C(CC)CC(C)CC=O. The van der Waals surface area contributed by atoms with Crippen LogP contribution in [0.25, 0.3) is 0 Å². The highest BCUT2D eigenvalue weighted by Gasteiger charge is 2.02. The Morgan fingerprint density at radius 3 is 2.55 bits per heavy atom. The van der Waals surface area contributed by atoms with Gasteiger partial charge < -0.3 is 4.79 Å². The lowest BCUT2D eigenvalue weighted by Gasteiger charge is -2.08. The summed E-state index contributed by atoms with van der Waals surface area (Å²) >= 11 is 0. The van der Waals surface area contributed by atoms with E-state index in [4.69, 9.17) is 0 Å². The van der Waals surface area contributed by atoms with Crippen LogP contribution in [-0.4, -0.2) is 6.29 Å². The first-order valence-electron chi connectivity index (χ1n) is 4.32. The fourth-order valence-corrected chi connectivity index (χ4v) is 1.16. The van der Waals surface area contributed by atoms with Crippen LogP contribution in [0.4, 0.5) is 0 Å². The molecule has 0 amide bonds. The normalized spacial score (nSPS) is 14.6. The molecular weight excluding hydrogens is 136 g/mol. The largest absolute Gasteiger partial charge is 0.303 e. The molecule has 0 N–H and O–H groups in total. The predicted octanol–water partition coefficient (Wildman–Crippen LogP) is 2.96. The van der Waals surface area contributed by atoms with Gasteiger partial charge in [-0.05, 0) is 25.7 Å². The molecule has 0 rings (SSSR count). The molecule has 0 aliphatic carbocycles. The molecule has 0 saturated heterocycles. The number of hydrogen-bond acceptors (Lipinski definition) is 1. The summed E-state index contributed by atoms with van der Waals surface area (Å²) in [7, 11) is 0. The molecule has 0 saturated carbocycles. The first-order chi connectivity index (χ1) is 5.24. The molecular formula is C10H18O. The molecule has 0 aliphatic heterocycles. The van der Waals surface area contributed by atoms with Crippen molar-refractivity contribution in [2.24, 2.45) is 5.92 Å². The second kappa shape index (κ2) is 6.14. The molecule has 0 aromatic rings. The van der Waals surface area contributed by atoms with E-state index < -0.39 is 0 Å². The van der Waals surface area contributed by atoms with Gasteiger partial charge in [0.2, 0.25) is 0 Å². The van der Waals surface area contributed by atoms with E-state index in [1.54, 1.807) is 0 Å². The third kappa shape index (κ3) is 4.77. The van der Waals surface area contributed by atoms with Gasteiger partial charge in [0.15, 0.2) is 0 Å². The number of rotatable bonds is 5. The Hall–Kier alpha value is -0.590. The predicted molar refractivity (Wildman–Crippen MR) is 48.5 cm³/mol. The molecule has 0 aliphatic rings. The van der Waals surface area contributed by atoms with Crippen molar-refractivity contribution >= 4 is 6.29 Å². The molecule has 0 fully saturated rings. The van der Waals surface area contributed by atoms with Crippen molar-refractivity contribution in [1.82, 2.24) is 0 Å². The zero-order valence-corrected chi connectivity index (χ0v) is 7.76. The quantitative estimate of drug-likeness (QED) is 0.439. The highest BCUT2D eigenvalue weighted by molar-refractivity contribution is 5.49. The maximum atomic E-state index is 10.2. The maximum absolute atomic E-state index is 10.2. The van der Waals surface area contributed by atoms with Crippen LogP contribution in [-0.2, 0) is 4.79 Å². The zero-order valence-electron chi connectivity index (χ0n) is 7.76. The third-order valence-electron chi connectivity index (χ3n) is 1.97. The first kappa shape index (κ1) is 10.4. The van der Waals surface area contributed by atoms with Crippen LogP contribution >= 0.6 is 0 Å². The van der Waals surface area contributed by atoms with E-state index in [2.05, 4.69) is 26.8 Å². The highest BCUT2D eigenvalue weighted by Crippen LogP contribution is 2.15. The second-order valence-electron chi connectivity index (χ2n) is 3.01. The lowest BCUT2D eigenvalue weighted by Crippen LogP contribution is -1.97. The number of aldehydes is 1. The van der Waals surface area contributed by atoms with Crippen molar-refractivity contribution in [3.63, 3.8) is 0 Å². The van der Waals surface area contributed by atoms with Gasteiger partial charge >= 0.3 is 0 Å². The fourth-order valence-electron chi connectivity index (χ4n) is 1.16. The number of hydrogen-bond donors (Lipinski definition) is 0. The van der Waals surface area contributed by atoms with Crippen molar-refractivity contribution in [2.45, 2.75) is 40.0 Å². The third-order valence-corrected chi connectivity index (χ3v) is 1.97. The second-order valence-corrected chi connectivity index (χ2v) is 3.01. The van der Waals surface area contributed by atoms with Gasteiger partial charge in [0.1, 0.15) is 6.29 Å². The molecule has 1 unspecified atom stereocenters. The highest BCUT2D eigenvalue weighted by atomic mass is 16.1. The Labute approximate surface area is 69.5 Å². The summed E-state index contributed by atoms with van der Waals surface area (Å²) in [6.45, 7) is 6.34. The van der Waals surface area contributed by atoms with E-state index in [0.29, 0.717) is 12.3 Å². The Bertz CT molecular complexity index is 136. The van der Waals surface area contributed by atoms with E-state index in [1.165, 1.54) is 5.57 Å². The zero-order chi connectivity index (χ0) is 8.69. The van der Waals surface area contributed by atoms with Gasteiger partial charge in [-0.25, -0.2) is 0 Å². The molecule has 0 spiro atoms. The summed E-state index contributed by atoms with van der Waals surface area (Å²) in [5.74, 6) is 0.513. The fraction of sp³-hybridized carbons (Fsp3) is 0.700. The van der Waals surface area contributed by atoms with E-state index >= 15 is 0 Å². The van der Waals surface area contributed by atoms with Gasteiger partial charge in [-0.3, -0.25) is 0 Å². The monoisotopic (exact) mass is 154 g/mol. The van der Waals surface area contributed by atoms with Gasteiger partial charge in [0.05, 0.1) is 0 Å². The van der Waals surface area contributed by atoms with Gasteiger partial charge in [-0.15, -0.1) is 0 Å². The molecule has 0 radical (unpaired) electrons. The summed E-state index contributed by atoms with van der Waals surface area (Å²) in [6, 6.07) is 0. The van der Waals surface area contributed by atoms with Crippen LogP contribution in [0.5, 0.6) is 0 Å². The molecule has 1 heteroatoms. The standard InChI is InChI=1S/C10H18O/c1-4-10(5-2)8-9(3)6-7-11/h4,7,9H,5-6,8H2,1-3H3. The lowest BCUT2D eigenvalue weighted by atomic mass is 9.97. The molecule has 0 bridgehead atoms. The van der Waals surface area contributed by atoms with Crippen molar-refractivity contribution in [3.8, 4) is 0 Å². The smallest absolute Gasteiger partial charge is 0.120 e. The topological polar surface area (TPSA) is 17.1 Å². The van der Waals surface area contributed by atoms with Crippen LogP contribution in [0.3, 0.4) is 0 Å². The van der Waals surface area contributed by atoms with Crippen LogP contribution in [0.1, 0.15) is 40.0 Å². The summed E-state index contributed by atoms with van der Waals surface area (Å²) < 4.78 is 0. The Morgan fingerprint density at radius 2 is 2.18 bits per heavy atom. The molecule has 0 aromatic heterocycles. The van der Waals surface area contributed by atoms with Crippen LogP contribution in [0, 0.1) is 5.92 Å². The molecule has 0 aromatic carbocycles. The minimum absolute atomic E-state index is 0.513. The number of carbonyl (C=O) groups excluding carboxylic acids is 1. The van der Waals surface area contributed by atoms with Crippen molar-refractivity contribution < 1.29 is 4.79 Å². The van der Waals surface area contributed by atoms with Gasteiger partial charge in [-0.1, -0.05) is 25.5 Å². The summed E-state index contributed by atoms with van der Waals surface area (Å²) in [5.41, 5.74) is 1.46. The molecule has 1 nitrogen and oxygen atoms in total. The number of carbonyl (C=O) groups is 1. The summed E-state index contributed by atoms with van der Waals surface area (Å²) in [4.78, 5) is 10.2. The van der Waals surface area contributed by atoms with Gasteiger partial charge in [-0.2, -0.15) is 0 Å². The van der Waals surface area contributed by atoms with E-state index in [-0.39, 0.29) is 0 Å². The number of allylic oxidation sites excluding steroid dienone is 2. The van der Waals surface area contributed by atoms with Gasteiger partial charge in [0.25, 0.3) is 0 Å². The molecule has 11 heavy (non-hydrogen) atoms. The van der Waals surface area contributed by atoms with Crippen molar-refractivity contribution in [3.05, 3.63) is 11.6 Å². The summed E-state index contributed by atoms with van der Waals surface area (Å²) in [6.07, 6.45) is 6.04. The lowest BCUT2D eigenvalue weighted by molar-refractivity contribution is -0.108. The first-order valence-corrected chi connectivity index (χ1v) is 4.32. The van der Waals surface area contributed by atoms with Crippen LogP contribution in [0.2, 0.25) is 0 Å². The van der Waals surface area contributed by atoms with Gasteiger partial charge in [0, 0.05) is 6.42 Å². The Morgan fingerprint density at radius 1 is 1.55 bits per heavy atom. The van der Waals surface area contributed by atoms with Crippen LogP contribution in [0.15, 0.2) is 11.6 Å². The minimum Gasteiger partial charge on any atom is -0.303 e. The summed E-state index contributed by atoms with van der Waals surface area (Å²) in [5, 5.41) is 0. The average molecular weight is 154 g/mol. The van der Waals surface area contributed by atoms with Crippen molar-refractivity contribution in [2.75, 3.05) is 0 Å². The minimum atomic E-state index is 0.513. The molecule has 0 heterocycles. The van der Waals surface area contributed by atoms with E-state index in [1.807, 2.05) is 0 Å². The van der Waals surface area contributed by atoms with E-state index in [9.17, 15) is 4.79 Å². The Balaban J connectivity index is 3.71. The molecule has 64 valence electrons. The molecule has 1 atom stereocenters. The van der Waals surface area contributed by atoms with Crippen LogP contribution < -0.4 is 0 Å². The maximum Gasteiger partial charge on any atom is 0.120 e. The van der Waals surface area contributed by atoms with Crippen molar-refractivity contribution in [1.29, 1.82) is 0 Å². The van der Waals surface area contributed by atoms with E-state index in [0.717, 1.165) is 19.1 Å². The Kier molecular flexibility index (Phi) is 5.81.